The molecule has 5 nitrogen and oxygen atoms in total. The molecule has 0 aliphatic carbocycles. The van der Waals surface area contributed by atoms with E-state index in [0.29, 0.717) is 48.1 Å². The maximum atomic E-state index is 14.2. The maximum Gasteiger partial charge on any atom is 0.346 e. The van der Waals surface area contributed by atoms with Gasteiger partial charge in [0.25, 0.3) is 0 Å². The fourth-order valence-electron chi connectivity index (χ4n) is 3.09. The van der Waals surface area contributed by atoms with E-state index in [1.54, 1.807) is 12.1 Å². The fourth-order valence-corrected chi connectivity index (χ4v) is 4.16. The molecule has 1 amide bonds. The first-order valence-corrected chi connectivity index (χ1v) is 8.24. The van der Waals surface area contributed by atoms with Crippen molar-refractivity contribution in [1.29, 1.82) is 0 Å². The molecule has 122 valence electrons. The van der Waals surface area contributed by atoms with Gasteiger partial charge in [-0.2, -0.15) is 0 Å². The number of carboxylic acid groups (broad SMARTS) is 1. The zero-order valence-electron chi connectivity index (χ0n) is 12.4. The number of nitrogens with two attached hydrogens (primary N) is 1. The van der Waals surface area contributed by atoms with Crippen molar-refractivity contribution in [3.8, 4) is 0 Å². The van der Waals surface area contributed by atoms with Gasteiger partial charge in [0.2, 0.25) is 5.91 Å². The highest BCUT2D eigenvalue weighted by molar-refractivity contribution is 7.21. The minimum atomic E-state index is -1.03. The third kappa shape index (κ3) is 3.07. The van der Waals surface area contributed by atoms with Crippen LogP contribution in [0.1, 0.15) is 28.1 Å². The number of carboxylic acids is 1. The number of amides is 1. The molecule has 1 aromatic carbocycles. The summed E-state index contributed by atoms with van der Waals surface area (Å²) in [5.41, 5.74) is 5.85. The molecule has 0 saturated carbocycles. The Morgan fingerprint density at radius 2 is 2.04 bits per heavy atom. The van der Waals surface area contributed by atoms with Crippen LogP contribution in [-0.2, 0) is 11.3 Å². The standard InChI is InChI=1S/C16H17FN2O3S/c17-11-2-1-3-12-13(11)10(14(23-12)16(21)22)8-19-6-4-9(5-7-19)15(18)20/h1-3,9H,4-8H2,(H2,18,20)(H,21,22). The van der Waals surface area contributed by atoms with Gasteiger partial charge in [-0.1, -0.05) is 6.07 Å². The summed E-state index contributed by atoms with van der Waals surface area (Å²) >= 11 is 1.10. The van der Waals surface area contributed by atoms with Crippen molar-refractivity contribution in [2.24, 2.45) is 11.7 Å². The summed E-state index contributed by atoms with van der Waals surface area (Å²) < 4.78 is 14.8. The number of benzene rings is 1. The second-order valence-electron chi connectivity index (χ2n) is 5.78. The molecule has 0 atom stereocenters. The van der Waals surface area contributed by atoms with Crippen LogP contribution in [0, 0.1) is 11.7 Å². The molecule has 1 saturated heterocycles. The van der Waals surface area contributed by atoms with E-state index in [9.17, 15) is 19.1 Å². The fraction of sp³-hybridized carbons (Fsp3) is 0.375. The van der Waals surface area contributed by atoms with Gasteiger partial charge in [0.1, 0.15) is 10.7 Å². The largest absolute Gasteiger partial charge is 0.477 e. The Bertz CT molecular complexity index is 766. The van der Waals surface area contributed by atoms with Crippen LogP contribution in [0.25, 0.3) is 10.1 Å². The van der Waals surface area contributed by atoms with Crippen LogP contribution < -0.4 is 5.73 Å². The lowest BCUT2D eigenvalue weighted by Crippen LogP contribution is -2.38. The number of nitrogens with zero attached hydrogens (tertiary/aromatic N) is 1. The van der Waals surface area contributed by atoms with E-state index in [4.69, 9.17) is 5.73 Å². The highest BCUT2D eigenvalue weighted by Gasteiger charge is 2.26. The minimum absolute atomic E-state index is 0.124. The van der Waals surface area contributed by atoms with E-state index in [-0.39, 0.29) is 16.7 Å². The van der Waals surface area contributed by atoms with Gasteiger partial charge in [-0.05, 0) is 38.1 Å². The van der Waals surface area contributed by atoms with Gasteiger partial charge in [-0.3, -0.25) is 9.69 Å². The summed E-state index contributed by atoms with van der Waals surface area (Å²) in [6, 6.07) is 4.67. The highest BCUT2D eigenvalue weighted by Crippen LogP contribution is 2.34. The normalized spacial score (nSPS) is 16.7. The molecule has 2 aromatic rings. The van der Waals surface area contributed by atoms with Gasteiger partial charge < -0.3 is 10.8 Å². The first-order chi connectivity index (χ1) is 11.0. The first-order valence-electron chi connectivity index (χ1n) is 7.42. The van der Waals surface area contributed by atoms with Crippen molar-refractivity contribution in [2.45, 2.75) is 19.4 Å². The van der Waals surface area contributed by atoms with Gasteiger partial charge >= 0.3 is 5.97 Å². The average molecular weight is 336 g/mol. The number of aromatic carboxylic acids is 1. The number of carbonyl (C=O) groups is 2. The quantitative estimate of drug-likeness (QED) is 0.898. The van der Waals surface area contributed by atoms with Crippen LogP contribution in [-0.4, -0.2) is 35.0 Å². The summed E-state index contributed by atoms with van der Waals surface area (Å²) in [5, 5.41) is 9.81. The minimum Gasteiger partial charge on any atom is -0.477 e. The second-order valence-corrected chi connectivity index (χ2v) is 6.83. The number of hydrogen-bond donors (Lipinski definition) is 2. The molecule has 3 N–H and O–H groups in total. The van der Waals surface area contributed by atoms with Crippen LogP contribution in [0.2, 0.25) is 0 Å². The van der Waals surface area contributed by atoms with E-state index in [0.717, 1.165) is 11.3 Å². The molecule has 0 bridgehead atoms. The molecule has 0 spiro atoms. The van der Waals surface area contributed by atoms with E-state index in [1.807, 2.05) is 0 Å². The molecule has 7 heteroatoms. The molecule has 23 heavy (non-hydrogen) atoms. The third-order valence-corrected chi connectivity index (χ3v) is 5.51. The van der Waals surface area contributed by atoms with Crippen LogP contribution in [0.3, 0.4) is 0 Å². The zero-order chi connectivity index (χ0) is 16.6. The zero-order valence-corrected chi connectivity index (χ0v) is 13.2. The number of rotatable bonds is 4. The van der Waals surface area contributed by atoms with Gasteiger partial charge in [0.05, 0.1) is 0 Å². The van der Waals surface area contributed by atoms with Gasteiger partial charge in [0, 0.05) is 28.1 Å². The number of fused-ring (bicyclic) bond motifs is 1. The van der Waals surface area contributed by atoms with E-state index < -0.39 is 11.8 Å². The summed E-state index contributed by atoms with van der Waals surface area (Å²) in [4.78, 5) is 25.0. The first kappa shape index (κ1) is 15.9. The Hall–Kier alpha value is -1.99. The van der Waals surface area contributed by atoms with Gasteiger partial charge in [0.15, 0.2) is 0 Å². The number of primary amides is 1. The number of thiophene rings is 1. The second kappa shape index (κ2) is 6.25. The third-order valence-electron chi connectivity index (χ3n) is 4.33. The monoisotopic (exact) mass is 336 g/mol. The van der Waals surface area contributed by atoms with Crippen molar-refractivity contribution in [2.75, 3.05) is 13.1 Å². The lowest BCUT2D eigenvalue weighted by atomic mass is 9.96. The SMILES string of the molecule is NC(=O)C1CCN(Cc2c(C(=O)O)sc3cccc(F)c23)CC1. The lowest BCUT2D eigenvalue weighted by molar-refractivity contribution is -0.123. The van der Waals surface area contributed by atoms with Crippen LogP contribution in [0.4, 0.5) is 4.39 Å². The highest BCUT2D eigenvalue weighted by atomic mass is 32.1. The summed E-state index contributed by atoms with van der Waals surface area (Å²) in [7, 11) is 0. The predicted molar refractivity (Wildman–Crippen MR) is 85.9 cm³/mol. The number of carbonyl (C=O) groups excluding carboxylic acids is 1. The molecule has 2 heterocycles. The summed E-state index contributed by atoms with van der Waals surface area (Å²) in [5.74, 6) is -1.84. The van der Waals surface area contributed by atoms with E-state index in [1.165, 1.54) is 6.07 Å². The molecule has 1 aliphatic heterocycles. The maximum absolute atomic E-state index is 14.2. The molecule has 1 aromatic heterocycles. The molecular formula is C16H17FN2O3S. The molecule has 1 aliphatic rings. The van der Waals surface area contributed by atoms with Gasteiger partial charge in [-0.15, -0.1) is 11.3 Å². The molecule has 0 unspecified atom stereocenters. The van der Waals surface area contributed by atoms with Crippen LogP contribution >= 0.6 is 11.3 Å². The van der Waals surface area contributed by atoms with Gasteiger partial charge in [-0.25, -0.2) is 9.18 Å². The predicted octanol–water partition coefficient (Wildman–Crippen LogP) is 2.44. The van der Waals surface area contributed by atoms with Crippen molar-refractivity contribution in [1.82, 2.24) is 4.90 Å². The number of halogens is 1. The Balaban J connectivity index is 1.89. The Kier molecular flexibility index (Phi) is 4.32. The average Bonchev–Trinajstić information content (AvgIpc) is 2.88. The number of piperidine rings is 1. The summed E-state index contributed by atoms with van der Waals surface area (Å²) in [6.07, 6.45) is 1.31. The van der Waals surface area contributed by atoms with E-state index in [2.05, 4.69) is 4.90 Å². The molecular weight excluding hydrogens is 319 g/mol. The lowest BCUT2D eigenvalue weighted by Gasteiger charge is -2.30. The number of likely N-dealkylation sites (tertiary alicyclic amines) is 1. The Labute approximate surface area is 136 Å². The number of hydrogen-bond acceptors (Lipinski definition) is 4. The van der Waals surface area contributed by atoms with E-state index >= 15 is 0 Å². The van der Waals surface area contributed by atoms with Crippen molar-refractivity contribution in [3.05, 3.63) is 34.5 Å². The van der Waals surface area contributed by atoms with Crippen molar-refractivity contribution in [3.63, 3.8) is 0 Å². The van der Waals surface area contributed by atoms with Crippen LogP contribution in [0.5, 0.6) is 0 Å². The summed E-state index contributed by atoms with van der Waals surface area (Å²) in [6.45, 7) is 1.67. The topological polar surface area (TPSA) is 83.6 Å². The smallest absolute Gasteiger partial charge is 0.346 e. The van der Waals surface area contributed by atoms with Crippen LogP contribution in [0.15, 0.2) is 18.2 Å². The van der Waals surface area contributed by atoms with Crippen molar-refractivity contribution < 1.29 is 19.1 Å². The Morgan fingerprint density at radius 1 is 1.35 bits per heavy atom. The molecule has 1 fully saturated rings. The van der Waals surface area contributed by atoms with Crippen molar-refractivity contribution >= 4 is 33.3 Å². The molecule has 0 radical (unpaired) electrons. The Morgan fingerprint density at radius 3 is 2.65 bits per heavy atom. The molecule has 3 rings (SSSR count).